The molecule has 0 aliphatic heterocycles. The summed E-state index contributed by atoms with van der Waals surface area (Å²) in [6.45, 7) is 6.69. The minimum absolute atomic E-state index is 0.127. The highest BCUT2D eigenvalue weighted by atomic mass is 79.9. The molecule has 0 saturated carbocycles. The van der Waals surface area contributed by atoms with E-state index in [9.17, 15) is 9.59 Å². The van der Waals surface area contributed by atoms with Gasteiger partial charge >= 0.3 is 0 Å². The van der Waals surface area contributed by atoms with Crippen LogP contribution in [0, 0.1) is 12.8 Å². The number of anilines is 1. The number of aryl methyl sites for hydroxylation is 1. The number of nitrogens with one attached hydrogen (secondary N) is 2. The molecule has 0 aliphatic carbocycles. The molecule has 0 unspecified atom stereocenters. The number of carbonyl (C=O) groups excluding carboxylic acids is 2. The molecule has 5 heteroatoms. The number of hydrogen-bond acceptors (Lipinski definition) is 2. The maximum Gasteiger partial charge on any atom is 0.255 e. The maximum absolute atomic E-state index is 12.3. The second-order valence-corrected chi connectivity index (χ2v) is 6.95. The Bertz CT molecular complexity index is 740. The van der Waals surface area contributed by atoms with Crippen molar-refractivity contribution in [2.75, 3.05) is 11.9 Å². The summed E-state index contributed by atoms with van der Waals surface area (Å²) in [5.74, 6) is 0.0610. The molecule has 2 N–H and O–H groups in total. The van der Waals surface area contributed by atoms with E-state index in [1.165, 1.54) is 0 Å². The Morgan fingerprint density at radius 1 is 1.00 bits per heavy atom. The Labute approximate surface area is 150 Å². The van der Waals surface area contributed by atoms with E-state index >= 15 is 0 Å². The van der Waals surface area contributed by atoms with Crippen molar-refractivity contribution in [2.24, 2.45) is 5.92 Å². The van der Waals surface area contributed by atoms with Crippen LogP contribution in [0.3, 0.4) is 0 Å². The van der Waals surface area contributed by atoms with Crippen molar-refractivity contribution < 1.29 is 9.59 Å². The molecule has 0 saturated heterocycles. The molecule has 24 heavy (non-hydrogen) atoms. The van der Waals surface area contributed by atoms with Crippen LogP contribution in [0.15, 0.2) is 46.9 Å². The highest BCUT2D eigenvalue weighted by molar-refractivity contribution is 9.10. The van der Waals surface area contributed by atoms with Gasteiger partial charge in [0.2, 0.25) is 0 Å². The summed E-state index contributed by atoms with van der Waals surface area (Å²) >= 11 is 3.45. The Hall–Kier alpha value is -2.14. The molecule has 2 aromatic rings. The van der Waals surface area contributed by atoms with Crippen LogP contribution < -0.4 is 10.6 Å². The van der Waals surface area contributed by atoms with E-state index in [2.05, 4.69) is 26.6 Å². The fourth-order valence-corrected chi connectivity index (χ4v) is 2.42. The molecule has 2 amide bonds. The smallest absolute Gasteiger partial charge is 0.255 e. The number of carbonyl (C=O) groups is 2. The van der Waals surface area contributed by atoms with Crippen molar-refractivity contribution in [3.05, 3.63) is 63.6 Å². The molecule has 2 rings (SSSR count). The predicted octanol–water partition coefficient (Wildman–Crippen LogP) is 4.40. The SMILES string of the molecule is Cc1ccc(NC(=O)c2ccc(C(=O)NCC(C)C)cc2)cc1Br. The van der Waals surface area contributed by atoms with Gasteiger partial charge in [-0.25, -0.2) is 0 Å². The van der Waals surface area contributed by atoms with Crippen LogP contribution in [-0.2, 0) is 0 Å². The van der Waals surface area contributed by atoms with Crippen molar-refractivity contribution >= 4 is 33.4 Å². The summed E-state index contributed by atoms with van der Waals surface area (Å²) in [6.07, 6.45) is 0. The summed E-state index contributed by atoms with van der Waals surface area (Å²) < 4.78 is 0.942. The Morgan fingerprint density at radius 3 is 2.12 bits per heavy atom. The zero-order valence-corrected chi connectivity index (χ0v) is 15.6. The lowest BCUT2D eigenvalue weighted by atomic mass is 10.1. The van der Waals surface area contributed by atoms with Crippen LogP contribution in [0.1, 0.15) is 40.1 Å². The fraction of sp³-hybridized carbons (Fsp3) is 0.263. The van der Waals surface area contributed by atoms with Crippen molar-refractivity contribution in [3.63, 3.8) is 0 Å². The van der Waals surface area contributed by atoms with Crippen molar-refractivity contribution in [1.82, 2.24) is 5.32 Å². The van der Waals surface area contributed by atoms with E-state index in [-0.39, 0.29) is 11.8 Å². The summed E-state index contributed by atoms with van der Waals surface area (Å²) in [5, 5.41) is 5.70. The van der Waals surface area contributed by atoms with Gasteiger partial charge in [-0.3, -0.25) is 9.59 Å². The summed E-state index contributed by atoms with van der Waals surface area (Å²) in [6, 6.07) is 12.3. The summed E-state index contributed by atoms with van der Waals surface area (Å²) in [7, 11) is 0. The third-order valence-corrected chi connectivity index (χ3v) is 4.36. The third-order valence-electron chi connectivity index (χ3n) is 3.51. The van der Waals surface area contributed by atoms with Gasteiger partial charge in [-0.05, 0) is 54.8 Å². The van der Waals surface area contributed by atoms with Gasteiger partial charge in [0.25, 0.3) is 11.8 Å². The molecule has 0 fully saturated rings. The van der Waals surface area contributed by atoms with E-state index in [4.69, 9.17) is 0 Å². The van der Waals surface area contributed by atoms with Gasteiger partial charge in [0.15, 0.2) is 0 Å². The predicted molar refractivity (Wildman–Crippen MR) is 100 cm³/mol. The number of hydrogen-bond donors (Lipinski definition) is 2. The van der Waals surface area contributed by atoms with Gasteiger partial charge in [0.1, 0.15) is 0 Å². The molecule has 0 aromatic heterocycles. The Kier molecular flexibility index (Phi) is 6.15. The number of halogens is 1. The highest BCUT2D eigenvalue weighted by Gasteiger charge is 2.10. The first-order valence-corrected chi connectivity index (χ1v) is 8.62. The van der Waals surface area contributed by atoms with Crippen LogP contribution in [0.5, 0.6) is 0 Å². The molecule has 2 aromatic carbocycles. The molecule has 0 radical (unpaired) electrons. The van der Waals surface area contributed by atoms with E-state index < -0.39 is 0 Å². The molecular weight excluding hydrogens is 368 g/mol. The largest absolute Gasteiger partial charge is 0.352 e. The van der Waals surface area contributed by atoms with Gasteiger partial charge in [-0.15, -0.1) is 0 Å². The van der Waals surface area contributed by atoms with Gasteiger partial charge in [0.05, 0.1) is 0 Å². The zero-order chi connectivity index (χ0) is 17.7. The number of benzene rings is 2. The third kappa shape index (κ3) is 4.93. The number of amides is 2. The lowest BCUT2D eigenvalue weighted by molar-refractivity contribution is 0.0947. The molecule has 0 atom stereocenters. The normalized spacial score (nSPS) is 10.5. The first-order valence-electron chi connectivity index (χ1n) is 7.82. The van der Waals surface area contributed by atoms with Crippen LogP contribution >= 0.6 is 15.9 Å². The van der Waals surface area contributed by atoms with Gasteiger partial charge in [-0.1, -0.05) is 35.8 Å². The van der Waals surface area contributed by atoms with Gasteiger partial charge in [-0.2, -0.15) is 0 Å². The van der Waals surface area contributed by atoms with Crippen LogP contribution in [0.4, 0.5) is 5.69 Å². The lowest BCUT2D eigenvalue weighted by Crippen LogP contribution is -2.27. The molecule has 4 nitrogen and oxygen atoms in total. The first-order chi connectivity index (χ1) is 11.4. The van der Waals surface area contributed by atoms with Crippen molar-refractivity contribution in [3.8, 4) is 0 Å². The number of rotatable bonds is 5. The molecule has 0 heterocycles. The van der Waals surface area contributed by atoms with Gasteiger partial charge < -0.3 is 10.6 Å². The minimum Gasteiger partial charge on any atom is -0.352 e. The Balaban J connectivity index is 2.02. The van der Waals surface area contributed by atoms with E-state index in [0.29, 0.717) is 23.6 Å². The van der Waals surface area contributed by atoms with Crippen LogP contribution in [0.2, 0.25) is 0 Å². The molecule has 126 valence electrons. The molecular formula is C19H21BrN2O2. The van der Waals surface area contributed by atoms with Gasteiger partial charge in [0, 0.05) is 27.8 Å². The molecule has 0 aliphatic rings. The average molecular weight is 389 g/mol. The van der Waals surface area contributed by atoms with Crippen LogP contribution in [-0.4, -0.2) is 18.4 Å². The standard InChI is InChI=1S/C19H21BrN2O2/c1-12(2)11-21-18(23)14-5-7-15(8-6-14)19(24)22-16-9-4-13(3)17(20)10-16/h4-10,12H,11H2,1-3H3,(H,21,23)(H,22,24). The topological polar surface area (TPSA) is 58.2 Å². The fourth-order valence-electron chi connectivity index (χ4n) is 2.05. The van der Waals surface area contributed by atoms with Crippen molar-refractivity contribution in [1.29, 1.82) is 0 Å². The maximum atomic E-state index is 12.3. The monoisotopic (exact) mass is 388 g/mol. The average Bonchev–Trinajstić information content (AvgIpc) is 2.56. The van der Waals surface area contributed by atoms with E-state index in [0.717, 1.165) is 15.7 Å². The zero-order valence-electron chi connectivity index (χ0n) is 14.0. The minimum atomic E-state index is -0.208. The quantitative estimate of drug-likeness (QED) is 0.797. The van der Waals surface area contributed by atoms with Crippen molar-refractivity contribution in [2.45, 2.75) is 20.8 Å². The lowest BCUT2D eigenvalue weighted by Gasteiger charge is -2.09. The first kappa shape index (κ1) is 18.2. The van der Waals surface area contributed by atoms with Crippen LogP contribution in [0.25, 0.3) is 0 Å². The Morgan fingerprint density at radius 2 is 1.58 bits per heavy atom. The van der Waals surface area contributed by atoms with E-state index in [1.54, 1.807) is 24.3 Å². The van der Waals surface area contributed by atoms with E-state index in [1.807, 2.05) is 39.0 Å². The summed E-state index contributed by atoms with van der Waals surface area (Å²) in [5.41, 5.74) is 2.87. The second kappa shape index (κ2) is 8.11. The molecule has 0 spiro atoms. The summed E-state index contributed by atoms with van der Waals surface area (Å²) in [4.78, 5) is 24.3. The highest BCUT2D eigenvalue weighted by Crippen LogP contribution is 2.21. The molecule has 0 bridgehead atoms. The second-order valence-electron chi connectivity index (χ2n) is 6.10.